The van der Waals surface area contributed by atoms with E-state index >= 15 is 0 Å². The van der Waals surface area contributed by atoms with Crippen LogP contribution in [0.1, 0.15) is 17.5 Å². The van der Waals surface area contributed by atoms with Gasteiger partial charge in [-0.3, -0.25) is 4.79 Å². The molecule has 176 valence electrons. The SMILES string of the molecule is Cc1ccc(CC(=O)N2CC3CCN(c4ccc(OCC(F)(F)F)cc4)C(C=O)C3C2)cc1. The van der Waals surface area contributed by atoms with Gasteiger partial charge in [0.25, 0.3) is 0 Å². The fraction of sp³-hybridized carbons (Fsp3) is 0.440. The van der Waals surface area contributed by atoms with Gasteiger partial charge in [0.15, 0.2) is 6.61 Å². The van der Waals surface area contributed by atoms with Crippen LogP contribution in [0, 0.1) is 18.8 Å². The van der Waals surface area contributed by atoms with Crippen molar-refractivity contribution in [1.82, 2.24) is 4.90 Å². The maximum Gasteiger partial charge on any atom is 0.422 e. The number of fused-ring (bicyclic) bond motifs is 1. The quantitative estimate of drug-likeness (QED) is 0.611. The number of alkyl halides is 3. The van der Waals surface area contributed by atoms with Crippen LogP contribution < -0.4 is 9.64 Å². The molecule has 0 spiro atoms. The summed E-state index contributed by atoms with van der Waals surface area (Å²) in [5.74, 6) is 0.477. The monoisotopic (exact) mass is 460 g/mol. The molecule has 1 amide bonds. The first kappa shape index (κ1) is 23.1. The Morgan fingerprint density at radius 2 is 1.79 bits per heavy atom. The number of aldehydes is 1. The first-order chi connectivity index (χ1) is 15.7. The minimum Gasteiger partial charge on any atom is -0.484 e. The van der Waals surface area contributed by atoms with E-state index in [1.54, 1.807) is 12.1 Å². The highest BCUT2D eigenvalue weighted by Crippen LogP contribution is 2.38. The number of halogens is 3. The summed E-state index contributed by atoms with van der Waals surface area (Å²) in [7, 11) is 0. The van der Waals surface area contributed by atoms with Gasteiger partial charge in [0.2, 0.25) is 5.91 Å². The van der Waals surface area contributed by atoms with Crippen molar-refractivity contribution in [3.05, 3.63) is 59.7 Å². The van der Waals surface area contributed by atoms with Crippen molar-refractivity contribution in [1.29, 1.82) is 0 Å². The average Bonchev–Trinajstić information content (AvgIpc) is 3.23. The Balaban J connectivity index is 1.40. The van der Waals surface area contributed by atoms with Gasteiger partial charge in [-0.1, -0.05) is 29.8 Å². The van der Waals surface area contributed by atoms with Gasteiger partial charge in [0.05, 0.1) is 12.5 Å². The zero-order valence-electron chi connectivity index (χ0n) is 18.4. The van der Waals surface area contributed by atoms with Crippen molar-refractivity contribution >= 4 is 17.9 Å². The number of carbonyl (C=O) groups is 2. The highest BCUT2D eigenvalue weighted by atomic mass is 19.4. The third kappa shape index (κ3) is 5.49. The summed E-state index contributed by atoms with van der Waals surface area (Å²) in [4.78, 5) is 28.8. The molecule has 2 heterocycles. The normalized spacial score (nSPS) is 22.7. The van der Waals surface area contributed by atoms with E-state index in [-0.39, 0.29) is 29.5 Å². The van der Waals surface area contributed by atoms with Crippen LogP contribution in [0.25, 0.3) is 0 Å². The summed E-state index contributed by atoms with van der Waals surface area (Å²) in [6, 6.07) is 13.9. The number of amides is 1. The van der Waals surface area contributed by atoms with E-state index in [9.17, 15) is 22.8 Å². The molecule has 0 bridgehead atoms. The van der Waals surface area contributed by atoms with Crippen molar-refractivity contribution in [3.8, 4) is 5.75 Å². The van der Waals surface area contributed by atoms with Crippen LogP contribution in [0.15, 0.2) is 48.5 Å². The Hall–Kier alpha value is -3.03. The molecule has 8 heteroatoms. The van der Waals surface area contributed by atoms with E-state index in [2.05, 4.69) is 0 Å². The maximum absolute atomic E-state index is 12.9. The smallest absolute Gasteiger partial charge is 0.422 e. The lowest BCUT2D eigenvalue weighted by Crippen LogP contribution is -2.50. The van der Waals surface area contributed by atoms with Crippen molar-refractivity contribution in [2.45, 2.75) is 32.0 Å². The molecule has 4 rings (SSSR count). The third-order valence-electron chi connectivity index (χ3n) is 6.57. The number of hydrogen-bond donors (Lipinski definition) is 0. The van der Waals surface area contributed by atoms with Crippen LogP contribution in [0.2, 0.25) is 0 Å². The topological polar surface area (TPSA) is 49.9 Å². The zero-order chi connectivity index (χ0) is 23.6. The molecule has 5 nitrogen and oxygen atoms in total. The van der Waals surface area contributed by atoms with E-state index < -0.39 is 12.8 Å². The molecule has 2 fully saturated rings. The molecule has 3 unspecified atom stereocenters. The number of hydrogen-bond acceptors (Lipinski definition) is 4. The molecular weight excluding hydrogens is 433 g/mol. The number of rotatable bonds is 6. The van der Waals surface area contributed by atoms with Gasteiger partial charge < -0.3 is 19.3 Å². The van der Waals surface area contributed by atoms with Gasteiger partial charge in [-0.2, -0.15) is 13.2 Å². The van der Waals surface area contributed by atoms with Crippen LogP contribution in [-0.4, -0.2) is 55.6 Å². The second-order valence-electron chi connectivity index (χ2n) is 8.89. The number of nitrogens with zero attached hydrogens (tertiary/aromatic N) is 2. The molecule has 33 heavy (non-hydrogen) atoms. The van der Waals surface area contributed by atoms with Crippen LogP contribution in [0.3, 0.4) is 0 Å². The maximum atomic E-state index is 12.9. The number of benzene rings is 2. The van der Waals surface area contributed by atoms with E-state index in [0.29, 0.717) is 26.1 Å². The lowest BCUT2D eigenvalue weighted by Gasteiger charge is -2.41. The summed E-state index contributed by atoms with van der Waals surface area (Å²) in [5.41, 5.74) is 2.88. The van der Waals surface area contributed by atoms with E-state index in [1.807, 2.05) is 41.0 Å². The lowest BCUT2D eigenvalue weighted by molar-refractivity contribution is -0.153. The number of aryl methyl sites for hydroxylation is 1. The molecule has 0 saturated carbocycles. The fourth-order valence-corrected chi connectivity index (χ4v) is 4.84. The molecule has 0 aliphatic carbocycles. The largest absolute Gasteiger partial charge is 0.484 e. The molecule has 2 aliphatic rings. The van der Waals surface area contributed by atoms with E-state index in [0.717, 1.165) is 29.5 Å². The predicted molar refractivity (Wildman–Crippen MR) is 118 cm³/mol. The minimum absolute atomic E-state index is 0.0272. The summed E-state index contributed by atoms with van der Waals surface area (Å²) in [5, 5.41) is 0. The van der Waals surface area contributed by atoms with Gasteiger partial charge in [-0.25, -0.2) is 0 Å². The number of anilines is 1. The predicted octanol–water partition coefficient (Wildman–Crippen LogP) is 4.03. The molecule has 0 N–H and O–H groups in total. The Morgan fingerprint density at radius 3 is 2.42 bits per heavy atom. The van der Waals surface area contributed by atoms with Crippen molar-refractivity contribution in [2.75, 3.05) is 31.1 Å². The molecule has 0 aromatic heterocycles. The summed E-state index contributed by atoms with van der Waals surface area (Å²) >= 11 is 0. The fourth-order valence-electron chi connectivity index (χ4n) is 4.84. The summed E-state index contributed by atoms with van der Waals surface area (Å²) < 4.78 is 41.9. The first-order valence-corrected chi connectivity index (χ1v) is 11.1. The van der Waals surface area contributed by atoms with Gasteiger partial charge in [0, 0.05) is 31.2 Å². The third-order valence-corrected chi connectivity index (χ3v) is 6.57. The molecule has 2 saturated heterocycles. The molecule has 2 aromatic rings. The molecule has 2 aromatic carbocycles. The molecule has 0 radical (unpaired) electrons. The summed E-state index contributed by atoms with van der Waals surface area (Å²) in [6.45, 7) is 2.49. The summed E-state index contributed by atoms with van der Waals surface area (Å²) in [6.07, 6.45) is -2.28. The van der Waals surface area contributed by atoms with Crippen molar-refractivity contribution in [3.63, 3.8) is 0 Å². The highest BCUT2D eigenvalue weighted by Gasteiger charge is 2.44. The van der Waals surface area contributed by atoms with E-state index in [1.165, 1.54) is 12.1 Å². The molecule has 3 atom stereocenters. The minimum atomic E-state index is -4.39. The lowest BCUT2D eigenvalue weighted by atomic mass is 9.82. The number of piperidine rings is 1. The Kier molecular flexibility index (Phi) is 6.63. The molecule has 2 aliphatic heterocycles. The standard InChI is InChI=1S/C25H27F3N2O3/c1-17-2-4-18(5-3-17)12-24(32)29-13-19-10-11-30(23(15-31)22(19)14-29)20-6-8-21(9-7-20)33-16-25(26,27)28/h2-9,15,19,22-23H,10-14,16H2,1H3. The second kappa shape index (κ2) is 9.45. The van der Waals surface area contributed by atoms with Gasteiger partial charge in [0.1, 0.15) is 12.0 Å². The molecular formula is C25H27F3N2O3. The number of likely N-dealkylation sites (tertiary alicyclic amines) is 1. The first-order valence-electron chi connectivity index (χ1n) is 11.1. The van der Waals surface area contributed by atoms with E-state index in [4.69, 9.17) is 4.74 Å². The van der Waals surface area contributed by atoms with Gasteiger partial charge >= 0.3 is 6.18 Å². The number of carbonyl (C=O) groups excluding carboxylic acids is 2. The van der Waals surface area contributed by atoms with Crippen molar-refractivity contribution in [2.24, 2.45) is 11.8 Å². The zero-order valence-corrected chi connectivity index (χ0v) is 18.4. The Bertz CT molecular complexity index is 976. The van der Waals surface area contributed by atoms with Gasteiger partial charge in [-0.15, -0.1) is 0 Å². The van der Waals surface area contributed by atoms with Crippen molar-refractivity contribution < 1.29 is 27.5 Å². The van der Waals surface area contributed by atoms with Crippen LogP contribution in [0.4, 0.5) is 18.9 Å². The second-order valence-corrected chi connectivity index (χ2v) is 8.89. The van der Waals surface area contributed by atoms with Crippen LogP contribution in [0.5, 0.6) is 5.75 Å². The number of ether oxygens (including phenoxy) is 1. The highest BCUT2D eigenvalue weighted by molar-refractivity contribution is 5.79. The Labute approximate surface area is 191 Å². The van der Waals surface area contributed by atoms with Gasteiger partial charge in [-0.05, 0) is 49.1 Å². The Morgan fingerprint density at radius 1 is 1.09 bits per heavy atom. The average molecular weight is 460 g/mol. The van der Waals surface area contributed by atoms with Crippen LogP contribution in [-0.2, 0) is 16.0 Å². The van der Waals surface area contributed by atoms with Crippen LogP contribution >= 0.6 is 0 Å².